The molecule has 1 aromatic carbocycles. The van der Waals surface area contributed by atoms with Crippen molar-refractivity contribution in [3.05, 3.63) is 35.8 Å². The Labute approximate surface area is 94.3 Å². The lowest BCUT2D eigenvalue weighted by atomic mass is 10.0. The van der Waals surface area contributed by atoms with Gasteiger partial charge in [0.05, 0.1) is 0 Å². The molecule has 16 heavy (non-hydrogen) atoms. The van der Waals surface area contributed by atoms with Crippen molar-refractivity contribution in [3.63, 3.8) is 0 Å². The Morgan fingerprint density at radius 3 is 2.81 bits per heavy atom. The molecule has 1 nitrogen and oxygen atoms in total. The zero-order chi connectivity index (χ0) is 11.0. The predicted octanol–water partition coefficient (Wildman–Crippen LogP) is 4.30. The van der Waals surface area contributed by atoms with Crippen molar-refractivity contribution in [1.29, 1.82) is 0 Å². The molecule has 1 aromatic heterocycles. The number of fused-ring (bicyclic) bond motifs is 1. The van der Waals surface area contributed by atoms with Crippen LogP contribution in [0.2, 0.25) is 0 Å². The summed E-state index contributed by atoms with van der Waals surface area (Å²) in [7, 11) is 0. The van der Waals surface area contributed by atoms with Gasteiger partial charge in [-0.2, -0.15) is 0 Å². The standard InChI is InChI=1S/C14H15FO/c15-12-5-6-14-11(8-12)9-13(16-14)7-10-3-1-2-4-10/h5-6,8-10H,1-4,7H2. The van der Waals surface area contributed by atoms with Gasteiger partial charge in [0.2, 0.25) is 0 Å². The highest BCUT2D eigenvalue weighted by Crippen LogP contribution is 2.30. The fourth-order valence-electron chi connectivity index (χ4n) is 2.67. The fourth-order valence-corrected chi connectivity index (χ4v) is 2.67. The topological polar surface area (TPSA) is 13.1 Å². The van der Waals surface area contributed by atoms with E-state index in [0.717, 1.165) is 29.1 Å². The molecule has 1 aliphatic carbocycles. The summed E-state index contributed by atoms with van der Waals surface area (Å²) in [5.41, 5.74) is 0.800. The summed E-state index contributed by atoms with van der Waals surface area (Å²) < 4.78 is 18.7. The monoisotopic (exact) mass is 218 g/mol. The Morgan fingerprint density at radius 2 is 2.00 bits per heavy atom. The average Bonchev–Trinajstić information content (AvgIpc) is 2.86. The van der Waals surface area contributed by atoms with Gasteiger partial charge in [0.1, 0.15) is 17.2 Å². The lowest BCUT2D eigenvalue weighted by molar-refractivity contribution is 0.463. The largest absolute Gasteiger partial charge is 0.461 e. The Bertz CT molecular complexity index is 494. The molecule has 2 aromatic rings. The van der Waals surface area contributed by atoms with Gasteiger partial charge in [-0.05, 0) is 30.2 Å². The minimum Gasteiger partial charge on any atom is -0.461 e. The first-order chi connectivity index (χ1) is 7.81. The molecule has 0 spiro atoms. The molecular formula is C14H15FO. The Balaban J connectivity index is 1.86. The highest BCUT2D eigenvalue weighted by atomic mass is 19.1. The maximum Gasteiger partial charge on any atom is 0.134 e. The van der Waals surface area contributed by atoms with Crippen molar-refractivity contribution in [3.8, 4) is 0 Å². The van der Waals surface area contributed by atoms with E-state index in [1.54, 1.807) is 6.07 Å². The summed E-state index contributed by atoms with van der Waals surface area (Å²) in [6, 6.07) is 6.68. The van der Waals surface area contributed by atoms with Crippen LogP contribution in [0.15, 0.2) is 28.7 Å². The quantitative estimate of drug-likeness (QED) is 0.732. The number of furan rings is 1. The van der Waals surface area contributed by atoms with Crippen LogP contribution in [0.3, 0.4) is 0 Å². The second-order valence-electron chi connectivity index (χ2n) is 4.75. The molecule has 0 amide bonds. The van der Waals surface area contributed by atoms with Crippen LogP contribution in [-0.2, 0) is 6.42 Å². The third-order valence-electron chi connectivity index (χ3n) is 3.49. The minimum absolute atomic E-state index is 0.194. The number of rotatable bonds is 2. The third-order valence-corrected chi connectivity index (χ3v) is 3.49. The van der Waals surface area contributed by atoms with Crippen LogP contribution in [0.25, 0.3) is 11.0 Å². The molecule has 0 aliphatic heterocycles. The average molecular weight is 218 g/mol. The number of halogens is 1. The SMILES string of the molecule is Fc1ccc2oc(CC3CCCC3)cc2c1. The molecule has 1 saturated carbocycles. The van der Waals surface area contributed by atoms with Crippen LogP contribution in [0, 0.1) is 11.7 Å². The van der Waals surface area contributed by atoms with E-state index in [4.69, 9.17) is 4.42 Å². The van der Waals surface area contributed by atoms with Crippen molar-refractivity contribution in [2.24, 2.45) is 5.92 Å². The zero-order valence-corrected chi connectivity index (χ0v) is 9.21. The molecule has 84 valence electrons. The second kappa shape index (κ2) is 3.93. The van der Waals surface area contributed by atoms with E-state index in [9.17, 15) is 4.39 Å². The molecule has 2 heteroatoms. The molecule has 3 rings (SSSR count). The summed E-state index contributed by atoms with van der Waals surface area (Å²) in [6.45, 7) is 0. The summed E-state index contributed by atoms with van der Waals surface area (Å²) in [5, 5.41) is 0.882. The first kappa shape index (κ1) is 9.88. The summed E-state index contributed by atoms with van der Waals surface area (Å²) in [5.74, 6) is 1.58. The molecule has 0 unspecified atom stereocenters. The second-order valence-corrected chi connectivity index (χ2v) is 4.75. The Hall–Kier alpha value is -1.31. The first-order valence-corrected chi connectivity index (χ1v) is 5.99. The van der Waals surface area contributed by atoms with Gasteiger partial charge in [0.25, 0.3) is 0 Å². The van der Waals surface area contributed by atoms with Gasteiger partial charge in [-0.1, -0.05) is 25.7 Å². The molecule has 1 aliphatic rings. The van der Waals surface area contributed by atoms with Crippen LogP contribution in [0.5, 0.6) is 0 Å². The maximum atomic E-state index is 13.0. The zero-order valence-electron chi connectivity index (χ0n) is 9.21. The van der Waals surface area contributed by atoms with Gasteiger partial charge < -0.3 is 4.42 Å². The molecule has 0 N–H and O–H groups in total. The van der Waals surface area contributed by atoms with E-state index < -0.39 is 0 Å². The Kier molecular flexibility index (Phi) is 2.43. The van der Waals surface area contributed by atoms with Crippen molar-refractivity contribution in [2.45, 2.75) is 32.1 Å². The lowest BCUT2D eigenvalue weighted by Crippen LogP contribution is -1.96. The number of hydrogen-bond acceptors (Lipinski definition) is 1. The normalized spacial score (nSPS) is 17.3. The van der Waals surface area contributed by atoms with E-state index >= 15 is 0 Å². The first-order valence-electron chi connectivity index (χ1n) is 5.99. The van der Waals surface area contributed by atoms with Gasteiger partial charge in [-0.25, -0.2) is 4.39 Å². The molecule has 1 heterocycles. The van der Waals surface area contributed by atoms with E-state index in [1.807, 2.05) is 6.07 Å². The Morgan fingerprint density at radius 1 is 1.19 bits per heavy atom. The molecule has 1 fully saturated rings. The van der Waals surface area contributed by atoms with Gasteiger partial charge >= 0.3 is 0 Å². The molecule has 0 bridgehead atoms. The summed E-state index contributed by atoms with van der Waals surface area (Å²) in [4.78, 5) is 0. The van der Waals surface area contributed by atoms with Crippen LogP contribution in [0.1, 0.15) is 31.4 Å². The maximum absolute atomic E-state index is 13.0. The summed E-state index contributed by atoms with van der Waals surface area (Å²) in [6.07, 6.45) is 6.33. The van der Waals surface area contributed by atoms with Crippen LogP contribution < -0.4 is 0 Å². The molecule has 0 atom stereocenters. The van der Waals surface area contributed by atoms with E-state index in [0.29, 0.717) is 0 Å². The lowest BCUT2D eigenvalue weighted by Gasteiger charge is -2.04. The highest BCUT2D eigenvalue weighted by Gasteiger charge is 2.17. The van der Waals surface area contributed by atoms with E-state index in [1.165, 1.54) is 37.8 Å². The number of benzene rings is 1. The number of hydrogen-bond donors (Lipinski definition) is 0. The van der Waals surface area contributed by atoms with Gasteiger partial charge in [-0.15, -0.1) is 0 Å². The van der Waals surface area contributed by atoms with Crippen LogP contribution >= 0.6 is 0 Å². The van der Waals surface area contributed by atoms with Crippen LogP contribution in [-0.4, -0.2) is 0 Å². The van der Waals surface area contributed by atoms with Crippen molar-refractivity contribution in [1.82, 2.24) is 0 Å². The minimum atomic E-state index is -0.194. The predicted molar refractivity (Wildman–Crippen MR) is 61.8 cm³/mol. The van der Waals surface area contributed by atoms with Gasteiger partial charge in [-0.3, -0.25) is 0 Å². The van der Waals surface area contributed by atoms with Crippen molar-refractivity contribution < 1.29 is 8.81 Å². The molecular weight excluding hydrogens is 203 g/mol. The third kappa shape index (κ3) is 1.84. The van der Waals surface area contributed by atoms with Crippen LogP contribution in [0.4, 0.5) is 4.39 Å². The van der Waals surface area contributed by atoms with Crippen molar-refractivity contribution in [2.75, 3.05) is 0 Å². The van der Waals surface area contributed by atoms with Gasteiger partial charge in [0, 0.05) is 11.8 Å². The molecule has 0 saturated heterocycles. The highest BCUT2D eigenvalue weighted by molar-refractivity contribution is 5.77. The van der Waals surface area contributed by atoms with Crippen molar-refractivity contribution >= 4 is 11.0 Å². The fraction of sp³-hybridized carbons (Fsp3) is 0.429. The summed E-state index contributed by atoms with van der Waals surface area (Å²) >= 11 is 0. The van der Waals surface area contributed by atoms with E-state index in [2.05, 4.69) is 0 Å². The smallest absolute Gasteiger partial charge is 0.134 e. The van der Waals surface area contributed by atoms with E-state index in [-0.39, 0.29) is 5.82 Å². The molecule has 0 radical (unpaired) electrons. The van der Waals surface area contributed by atoms with Gasteiger partial charge in [0.15, 0.2) is 0 Å².